The number of hydrogen-bond donors (Lipinski definition) is 0. The molecule has 2 aromatic rings. The van der Waals surface area contributed by atoms with Gasteiger partial charge in [0.15, 0.2) is 0 Å². The van der Waals surface area contributed by atoms with E-state index in [0.29, 0.717) is 0 Å². The van der Waals surface area contributed by atoms with Crippen molar-refractivity contribution >= 4 is 5.97 Å². The highest BCUT2D eigenvalue weighted by Gasteiger charge is 2.35. The second-order valence-corrected chi connectivity index (χ2v) is 5.85. The van der Waals surface area contributed by atoms with Crippen LogP contribution < -0.4 is 0 Å². The Labute approximate surface area is 131 Å². The van der Waals surface area contributed by atoms with Crippen LogP contribution in [-0.4, -0.2) is 17.0 Å². The molecular weight excluding hydrogens is 274 g/mol. The molecule has 1 aliphatic rings. The zero-order valence-corrected chi connectivity index (χ0v) is 13.0. The molecule has 0 saturated carbocycles. The number of hydrogen-bond acceptors (Lipinski definition) is 3. The molecule has 0 aliphatic carbocycles. The summed E-state index contributed by atoms with van der Waals surface area (Å²) in [5.74, 6) is -0.225. The third-order valence-electron chi connectivity index (χ3n) is 4.17. The molecule has 114 valence electrons. The molecule has 0 spiro atoms. The van der Waals surface area contributed by atoms with Crippen LogP contribution in [0.15, 0.2) is 54.6 Å². The molecule has 2 unspecified atom stereocenters. The Kier molecular flexibility index (Phi) is 4.25. The lowest BCUT2D eigenvalue weighted by Gasteiger charge is -2.29. The van der Waals surface area contributed by atoms with Crippen molar-refractivity contribution in [3.05, 3.63) is 71.3 Å². The summed E-state index contributed by atoms with van der Waals surface area (Å²) < 4.78 is 5.48. The minimum Gasteiger partial charge on any atom is -0.461 e. The van der Waals surface area contributed by atoms with Crippen LogP contribution in [0.1, 0.15) is 36.6 Å². The Bertz CT molecular complexity index is 653. The summed E-state index contributed by atoms with van der Waals surface area (Å²) in [7, 11) is 0. The topological polar surface area (TPSA) is 29.5 Å². The van der Waals surface area contributed by atoms with E-state index in [1.165, 1.54) is 23.6 Å². The van der Waals surface area contributed by atoms with Crippen molar-refractivity contribution in [2.75, 3.05) is 0 Å². The summed E-state index contributed by atoms with van der Waals surface area (Å²) in [6.45, 7) is 5.19. The molecule has 0 saturated heterocycles. The third kappa shape index (κ3) is 3.04. The number of esters is 1. The van der Waals surface area contributed by atoms with Crippen LogP contribution >= 0.6 is 0 Å². The fourth-order valence-corrected chi connectivity index (χ4v) is 3.33. The third-order valence-corrected chi connectivity index (χ3v) is 4.17. The number of carbonyl (C=O) groups excluding carboxylic acids is 1. The predicted molar refractivity (Wildman–Crippen MR) is 86.1 cm³/mol. The fraction of sp³-hybridized carbons (Fsp3) is 0.316. The summed E-state index contributed by atoms with van der Waals surface area (Å²) in [6.07, 6.45) is -0.162. The van der Waals surface area contributed by atoms with Gasteiger partial charge < -0.3 is 4.74 Å². The number of ether oxygens (including phenoxy) is 1. The van der Waals surface area contributed by atoms with Gasteiger partial charge in [0.1, 0.15) is 6.10 Å². The Morgan fingerprint density at radius 2 is 1.86 bits per heavy atom. The minimum absolute atomic E-state index is 0.111. The van der Waals surface area contributed by atoms with Gasteiger partial charge in [-0.1, -0.05) is 54.6 Å². The highest BCUT2D eigenvalue weighted by Crippen LogP contribution is 2.37. The summed E-state index contributed by atoms with van der Waals surface area (Å²) in [4.78, 5) is 13.7. The number of carbonyl (C=O) groups is 1. The van der Waals surface area contributed by atoms with E-state index in [1.807, 2.05) is 13.0 Å². The van der Waals surface area contributed by atoms with Crippen molar-refractivity contribution in [3.63, 3.8) is 0 Å². The molecule has 2 aromatic carbocycles. The Morgan fingerprint density at radius 3 is 2.59 bits per heavy atom. The molecule has 0 N–H and O–H groups in total. The summed E-state index contributed by atoms with van der Waals surface area (Å²) >= 11 is 0. The standard InChI is InChI=1S/C19H21NO2/c1-14(22-15(2)21)19-18-11-7-6-10-17(18)13-20(19)12-16-8-4-3-5-9-16/h3-11,14,19H,12-13H2,1-2H3. The van der Waals surface area contributed by atoms with Crippen molar-refractivity contribution in [1.29, 1.82) is 0 Å². The lowest BCUT2D eigenvalue weighted by Crippen LogP contribution is -2.32. The Morgan fingerprint density at radius 1 is 1.18 bits per heavy atom. The fourth-order valence-electron chi connectivity index (χ4n) is 3.33. The Hall–Kier alpha value is -2.13. The van der Waals surface area contributed by atoms with Gasteiger partial charge in [-0.25, -0.2) is 0 Å². The molecule has 1 heterocycles. The second kappa shape index (κ2) is 6.32. The molecule has 3 nitrogen and oxygen atoms in total. The molecule has 0 amide bonds. The number of fused-ring (bicyclic) bond motifs is 1. The van der Waals surface area contributed by atoms with Crippen LogP contribution in [0.25, 0.3) is 0 Å². The van der Waals surface area contributed by atoms with Gasteiger partial charge in [-0.05, 0) is 23.6 Å². The average Bonchev–Trinajstić information content (AvgIpc) is 2.85. The van der Waals surface area contributed by atoms with Gasteiger partial charge in [0, 0.05) is 20.0 Å². The van der Waals surface area contributed by atoms with Crippen LogP contribution in [0.3, 0.4) is 0 Å². The largest absolute Gasteiger partial charge is 0.461 e. The van der Waals surface area contributed by atoms with Gasteiger partial charge in [-0.15, -0.1) is 0 Å². The zero-order valence-electron chi connectivity index (χ0n) is 13.0. The van der Waals surface area contributed by atoms with Crippen LogP contribution in [0.4, 0.5) is 0 Å². The molecule has 3 rings (SSSR count). The van der Waals surface area contributed by atoms with Crippen molar-refractivity contribution in [2.24, 2.45) is 0 Å². The van der Waals surface area contributed by atoms with Crippen LogP contribution in [-0.2, 0) is 22.6 Å². The van der Waals surface area contributed by atoms with Gasteiger partial charge in [-0.2, -0.15) is 0 Å². The number of rotatable bonds is 4. The number of nitrogens with zero attached hydrogens (tertiary/aromatic N) is 1. The first kappa shape index (κ1) is 14.8. The Balaban J connectivity index is 1.87. The van der Waals surface area contributed by atoms with Gasteiger partial charge in [-0.3, -0.25) is 9.69 Å². The minimum atomic E-state index is -0.225. The summed E-state index contributed by atoms with van der Waals surface area (Å²) in [5, 5.41) is 0. The molecule has 2 atom stereocenters. The summed E-state index contributed by atoms with van der Waals surface area (Å²) in [6, 6.07) is 19.0. The van der Waals surface area contributed by atoms with E-state index in [2.05, 4.69) is 53.4 Å². The second-order valence-electron chi connectivity index (χ2n) is 5.85. The molecule has 0 fully saturated rings. The molecule has 0 aromatic heterocycles. The van der Waals surface area contributed by atoms with Crippen LogP contribution in [0.5, 0.6) is 0 Å². The first-order valence-electron chi connectivity index (χ1n) is 7.68. The average molecular weight is 295 g/mol. The quantitative estimate of drug-likeness (QED) is 0.806. The maximum Gasteiger partial charge on any atom is 0.302 e. The molecule has 22 heavy (non-hydrogen) atoms. The molecule has 0 bridgehead atoms. The first-order valence-corrected chi connectivity index (χ1v) is 7.68. The van der Waals surface area contributed by atoms with Gasteiger partial charge in [0.25, 0.3) is 0 Å². The zero-order chi connectivity index (χ0) is 15.5. The SMILES string of the molecule is CC(=O)OC(C)C1c2ccccc2CN1Cc1ccccc1. The van der Waals surface area contributed by atoms with E-state index < -0.39 is 0 Å². The monoisotopic (exact) mass is 295 g/mol. The summed E-state index contributed by atoms with van der Waals surface area (Å²) in [5.41, 5.74) is 3.87. The van der Waals surface area contributed by atoms with Gasteiger partial charge in [0.05, 0.1) is 6.04 Å². The van der Waals surface area contributed by atoms with E-state index in [9.17, 15) is 4.79 Å². The smallest absolute Gasteiger partial charge is 0.302 e. The first-order chi connectivity index (χ1) is 10.6. The van der Waals surface area contributed by atoms with E-state index in [4.69, 9.17) is 4.74 Å². The maximum absolute atomic E-state index is 11.3. The molecule has 0 radical (unpaired) electrons. The maximum atomic E-state index is 11.3. The molecule has 1 aliphatic heterocycles. The van der Waals surface area contributed by atoms with E-state index >= 15 is 0 Å². The predicted octanol–water partition coefficient (Wildman–Crippen LogP) is 3.70. The van der Waals surface area contributed by atoms with Gasteiger partial charge >= 0.3 is 5.97 Å². The van der Waals surface area contributed by atoms with Crippen molar-refractivity contribution < 1.29 is 9.53 Å². The van der Waals surface area contributed by atoms with Crippen molar-refractivity contribution in [3.8, 4) is 0 Å². The van der Waals surface area contributed by atoms with Crippen molar-refractivity contribution in [2.45, 2.75) is 39.1 Å². The van der Waals surface area contributed by atoms with Crippen molar-refractivity contribution in [1.82, 2.24) is 4.90 Å². The van der Waals surface area contributed by atoms with Gasteiger partial charge in [0.2, 0.25) is 0 Å². The van der Waals surface area contributed by atoms with Crippen LogP contribution in [0.2, 0.25) is 0 Å². The lowest BCUT2D eigenvalue weighted by atomic mass is 10.0. The lowest BCUT2D eigenvalue weighted by molar-refractivity contribution is -0.148. The molecular formula is C19H21NO2. The molecule has 3 heteroatoms. The van der Waals surface area contributed by atoms with E-state index in [1.54, 1.807) is 0 Å². The normalized spacial score (nSPS) is 18.7. The van der Waals surface area contributed by atoms with E-state index in [-0.39, 0.29) is 18.1 Å². The number of benzene rings is 2. The highest BCUT2D eigenvalue weighted by molar-refractivity contribution is 5.66. The van der Waals surface area contributed by atoms with Crippen LogP contribution in [0, 0.1) is 0 Å². The highest BCUT2D eigenvalue weighted by atomic mass is 16.5. The van der Waals surface area contributed by atoms with E-state index in [0.717, 1.165) is 13.1 Å².